The van der Waals surface area contributed by atoms with Gasteiger partial charge in [-0.15, -0.1) is 0 Å². The van der Waals surface area contributed by atoms with Crippen LogP contribution in [0.25, 0.3) is 10.9 Å². The number of amides is 1. The predicted octanol–water partition coefficient (Wildman–Crippen LogP) is 5.53. The normalized spacial score (nSPS) is 19.3. The average Bonchev–Trinajstić information content (AvgIpc) is 3.54. The summed E-state index contributed by atoms with van der Waals surface area (Å²) >= 11 is 0. The molecule has 3 atom stereocenters. The summed E-state index contributed by atoms with van der Waals surface area (Å²) < 4.78 is 91.1. The van der Waals surface area contributed by atoms with Crippen molar-refractivity contribution < 1.29 is 35.6 Å². The Bertz CT molecular complexity index is 1760. The number of aromatic nitrogens is 3. The lowest BCUT2D eigenvalue weighted by molar-refractivity contribution is -0.123. The number of hydrogen-bond donors (Lipinski definition) is 1. The standard InChI is InChI=1S/C28H22F6N4O3/c1-11-3-4-12(2)22-20(11)27(40)41-26(36-22)18(7-13-5-14(29)8-15(30)6-13)35-19(39)10-38-24-21(23(37-38)25(31)32)16-9-17(16)28(24,33)34/h3-6,8,16-18,25H,7,9-10H2,1-2H3,(H,35,39)/t16-,17+,18?/m0/s1. The number of hydrogen-bond acceptors (Lipinski definition) is 5. The molecular formula is C28H22F6N4O3. The fourth-order valence-electron chi connectivity index (χ4n) is 5.74. The molecule has 2 aliphatic carbocycles. The van der Waals surface area contributed by atoms with Gasteiger partial charge in [-0.2, -0.15) is 13.9 Å². The van der Waals surface area contributed by atoms with Crippen LogP contribution >= 0.6 is 0 Å². The molecule has 7 nitrogen and oxygen atoms in total. The number of carbonyl (C=O) groups is 1. The van der Waals surface area contributed by atoms with Crippen LogP contribution in [0.2, 0.25) is 0 Å². The molecule has 0 saturated heterocycles. The number of rotatable bonds is 7. The lowest BCUT2D eigenvalue weighted by Gasteiger charge is -2.19. The van der Waals surface area contributed by atoms with E-state index in [1.54, 1.807) is 26.0 Å². The molecule has 6 rings (SSSR count). The minimum absolute atomic E-state index is 0.0649. The van der Waals surface area contributed by atoms with Crippen LogP contribution in [-0.4, -0.2) is 20.7 Å². The molecular weight excluding hydrogens is 554 g/mol. The maximum atomic E-state index is 14.9. The number of benzene rings is 2. The van der Waals surface area contributed by atoms with Gasteiger partial charge in [0.2, 0.25) is 11.8 Å². The van der Waals surface area contributed by atoms with E-state index in [0.717, 1.165) is 12.1 Å². The van der Waals surface area contributed by atoms with Crippen molar-refractivity contribution in [3.05, 3.63) is 91.9 Å². The first-order valence-electron chi connectivity index (χ1n) is 12.8. The number of alkyl halides is 4. The second-order valence-corrected chi connectivity index (χ2v) is 10.5. The SMILES string of the molecule is Cc1ccc(C)c2c(=O)oc(C(Cc3cc(F)cc(F)c3)NC(=O)Cn3nc(C(F)F)c4c3C(F)(F)[C@@H]3C[C@H]43)nc12. The molecule has 0 radical (unpaired) electrons. The van der Waals surface area contributed by atoms with Gasteiger partial charge in [-0.25, -0.2) is 27.3 Å². The summed E-state index contributed by atoms with van der Waals surface area (Å²) in [5.74, 6) is -8.30. The summed E-state index contributed by atoms with van der Waals surface area (Å²) in [6, 6.07) is 4.83. The average molecular weight is 576 g/mol. The van der Waals surface area contributed by atoms with Gasteiger partial charge in [0.25, 0.3) is 12.3 Å². The first-order chi connectivity index (χ1) is 19.3. The third-order valence-electron chi connectivity index (χ3n) is 7.67. The quantitative estimate of drug-likeness (QED) is 0.293. The smallest absolute Gasteiger partial charge is 0.347 e. The molecule has 4 aromatic rings. The highest BCUT2D eigenvalue weighted by atomic mass is 19.3. The van der Waals surface area contributed by atoms with Crippen molar-refractivity contribution in [2.75, 3.05) is 0 Å². The highest BCUT2D eigenvalue weighted by Crippen LogP contribution is 2.68. The van der Waals surface area contributed by atoms with Gasteiger partial charge < -0.3 is 9.73 Å². The summed E-state index contributed by atoms with van der Waals surface area (Å²) in [6.07, 6.45) is -3.34. The molecule has 1 amide bonds. The topological polar surface area (TPSA) is 90.0 Å². The summed E-state index contributed by atoms with van der Waals surface area (Å²) in [5.41, 5.74) is -0.909. The lowest BCUT2D eigenvalue weighted by atomic mass is 10.0. The number of nitrogens with one attached hydrogen (secondary N) is 1. The van der Waals surface area contributed by atoms with Crippen LogP contribution < -0.4 is 10.9 Å². The van der Waals surface area contributed by atoms with E-state index in [1.165, 1.54) is 0 Å². The Morgan fingerprint density at radius 2 is 1.83 bits per heavy atom. The summed E-state index contributed by atoms with van der Waals surface area (Å²) in [6.45, 7) is 2.54. The Kier molecular flexibility index (Phi) is 6.23. The zero-order valence-electron chi connectivity index (χ0n) is 21.7. The summed E-state index contributed by atoms with van der Waals surface area (Å²) in [5, 5.41) is 6.36. The van der Waals surface area contributed by atoms with Gasteiger partial charge >= 0.3 is 5.63 Å². The molecule has 1 saturated carbocycles. The van der Waals surface area contributed by atoms with E-state index in [2.05, 4.69) is 15.4 Å². The Hall–Kier alpha value is -4.16. The van der Waals surface area contributed by atoms with E-state index in [9.17, 15) is 35.9 Å². The Morgan fingerprint density at radius 3 is 2.51 bits per heavy atom. The van der Waals surface area contributed by atoms with Gasteiger partial charge in [-0.1, -0.05) is 12.1 Å². The van der Waals surface area contributed by atoms with E-state index >= 15 is 0 Å². The largest absolute Gasteiger partial charge is 0.406 e. The van der Waals surface area contributed by atoms with Crippen molar-refractivity contribution in [3.63, 3.8) is 0 Å². The Balaban J connectivity index is 1.37. The van der Waals surface area contributed by atoms with Crippen LogP contribution in [0.4, 0.5) is 26.3 Å². The first kappa shape index (κ1) is 27.0. The van der Waals surface area contributed by atoms with Gasteiger partial charge in [0.05, 0.1) is 10.9 Å². The minimum atomic E-state index is -3.43. The van der Waals surface area contributed by atoms with Crippen molar-refractivity contribution >= 4 is 16.8 Å². The van der Waals surface area contributed by atoms with Gasteiger partial charge in [0.1, 0.15) is 35.6 Å². The minimum Gasteiger partial charge on any atom is -0.406 e. The molecule has 41 heavy (non-hydrogen) atoms. The molecule has 13 heteroatoms. The highest BCUT2D eigenvalue weighted by molar-refractivity contribution is 5.83. The Labute approximate surface area is 228 Å². The third-order valence-corrected chi connectivity index (χ3v) is 7.67. The van der Waals surface area contributed by atoms with Crippen LogP contribution in [0, 0.1) is 31.4 Å². The molecule has 214 valence electrons. The van der Waals surface area contributed by atoms with Crippen molar-refractivity contribution in [2.24, 2.45) is 5.92 Å². The van der Waals surface area contributed by atoms with Crippen LogP contribution in [0.15, 0.2) is 39.5 Å². The van der Waals surface area contributed by atoms with Crippen molar-refractivity contribution in [2.45, 2.75) is 57.5 Å². The van der Waals surface area contributed by atoms with Gasteiger partial charge in [0, 0.05) is 24.0 Å². The lowest BCUT2D eigenvalue weighted by Crippen LogP contribution is -2.35. The van der Waals surface area contributed by atoms with Gasteiger partial charge in [0.15, 0.2) is 0 Å². The fraction of sp³-hybridized carbons (Fsp3) is 0.357. The summed E-state index contributed by atoms with van der Waals surface area (Å²) in [7, 11) is 0. The number of nitrogens with zero attached hydrogens (tertiary/aromatic N) is 3. The molecule has 2 aromatic heterocycles. The van der Waals surface area contributed by atoms with E-state index in [-0.39, 0.29) is 40.8 Å². The zero-order chi connectivity index (χ0) is 29.4. The molecule has 1 fully saturated rings. The fourth-order valence-corrected chi connectivity index (χ4v) is 5.74. The van der Waals surface area contributed by atoms with E-state index < -0.39 is 71.3 Å². The number of halogens is 6. The second-order valence-electron chi connectivity index (χ2n) is 10.5. The molecule has 2 aliphatic rings. The predicted molar refractivity (Wildman–Crippen MR) is 133 cm³/mol. The molecule has 2 heterocycles. The molecule has 1 N–H and O–H groups in total. The molecule has 0 bridgehead atoms. The van der Waals surface area contributed by atoms with Crippen molar-refractivity contribution in [1.82, 2.24) is 20.1 Å². The monoisotopic (exact) mass is 576 g/mol. The number of aryl methyl sites for hydroxylation is 2. The molecule has 2 aromatic carbocycles. The van der Waals surface area contributed by atoms with Crippen LogP contribution in [-0.2, 0) is 23.7 Å². The van der Waals surface area contributed by atoms with Crippen LogP contribution in [0.1, 0.15) is 64.3 Å². The second kappa shape index (κ2) is 9.45. The Morgan fingerprint density at radius 1 is 1.15 bits per heavy atom. The van der Waals surface area contributed by atoms with Crippen LogP contribution in [0.5, 0.6) is 0 Å². The van der Waals surface area contributed by atoms with Crippen molar-refractivity contribution in [1.29, 1.82) is 0 Å². The van der Waals surface area contributed by atoms with Crippen molar-refractivity contribution in [3.8, 4) is 0 Å². The van der Waals surface area contributed by atoms with Gasteiger partial charge in [-0.05, 0) is 55.0 Å². The third kappa shape index (κ3) is 4.56. The molecule has 0 spiro atoms. The summed E-state index contributed by atoms with van der Waals surface area (Å²) in [4.78, 5) is 30.5. The maximum absolute atomic E-state index is 14.9. The highest BCUT2D eigenvalue weighted by Gasteiger charge is 2.67. The van der Waals surface area contributed by atoms with Crippen LogP contribution in [0.3, 0.4) is 0 Å². The van der Waals surface area contributed by atoms with E-state index in [4.69, 9.17) is 4.42 Å². The molecule has 0 aliphatic heterocycles. The maximum Gasteiger partial charge on any atom is 0.347 e. The van der Waals surface area contributed by atoms with E-state index in [1.807, 2.05) is 0 Å². The first-order valence-corrected chi connectivity index (χ1v) is 12.8. The number of carbonyl (C=O) groups excluding carboxylic acids is 1. The van der Waals surface area contributed by atoms with E-state index in [0.29, 0.717) is 21.9 Å². The molecule has 1 unspecified atom stereocenters. The zero-order valence-corrected chi connectivity index (χ0v) is 21.7. The number of fused-ring (bicyclic) bond motifs is 4. The van der Waals surface area contributed by atoms with Gasteiger partial charge in [-0.3, -0.25) is 9.48 Å².